The number of nitrogens with one attached hydrogen (secondary N) is 2. The molecule has 168 valence electrons. The SMILES string of the molecule is Cc1cc(NC(=O)c2ccccc2)ccc1C(N)=Nc1ccc(NC(=O)c2ccccc2)cc1. The number of amidine groups is 1. The molecule has 0 atom stereocenters. The van der Waals surface area contributed by atoms with Gasteiger partial charge in [-0.05, 0) is 79.2 Å². The molecule has 4 N–H and O–H groups in total. The number of nitrogens with zero attached hydrogens (tertiary/aromatic N) is 1. The molecule has 0 aromatic heterocycles. The predicted octanol–water partition coefficient (Wildman–Crippen LogP) is 5.54. The lowest BCUT2D eigenvalue weighted by Crippen LogP contribution is -2.16. The average molecular weight is 449 g/mol. The van der Waals surface area contributed by atoms with Crippen molar-refractivity contribution < 1.29 is 9.59 Å². The summed E-state index contributed by atoms with van der Waals surface area (Å²) in [7, 11) is 0. The largest absolute Gasteiger partial charge is 0.383 e. The Labute approximate surface area is 198 Å². The molecule has 0 heterocycles. The molecule has 0 aliphatic rings. The summed E-state index contributed by atoms with van der Waals surface area (Å²) in [5.41, 5.74) is 11.1. The van der Waals surface area contributed by atoms with E-state index in [2.05, 4.69) is 15.6 Å². The van der Waals surface area contributed by atoms with Gasteiger partial charge in [0.2, 0.25) is 0 Å². The Hall–Kier alpha value is -4.71. The maximum Gasteiger partial charge on any atom is 0.255 e. The van der Waals surface area contributed by atoms with Crippen molar-refractivity contribution in [2.75, 3.05) is 10.6 Å². The predicted molar refractivity (Wildman–Crippen MR) is 137 cm³/mol. The van der Waals surface area contributed by atoms with Crippen LogP contribution >= 0.6 is 0 Å². The molecular formula is C28H24N4O2. The molecule has 0 spiro atoms. The number of anilines is 2. The van der Waals surface area contributed by atoms with Gasteiger partial charge in [-0.25, -0.2) is 4.99 Å². The third-order valence-electron chi connectivity index (χ3n) is 5.21. The summed E-state index contributed by atoms with van der Waals surface area (Å²) in [4.78, 5) is 29.2. The maximum absolute atomic E-state index is 12.4. The van der Waals surface area contributed by atoms with Gasteiger partial charge in [-0.15, -0.1) is 0 Å². The lowest BCUT2D eigenvalue weighted by molar-refractivity contribution is 0.101. The van der Waals surface area contributed by atoms with Crippen LogP contribution in [0.5, 0.6) is 0 Å². The van der Waals surface area contributed by atoms with Gasteiger partial charge in [0.1, 0.15) is 5.84 Å². The highest BCUT2D eigenvalue weighted by atomic mass is 16.2. The highest BCUT2D eigenvalue weighted by Crippen LogP contribution is 2.20. The first-order valence-electron chi connectivity index (χ1n) is 10.8. The van der Waals surface area contributed by atoms with Crippen LogP contribution in [-0.4, -0.2) is 17.6 Å². The molecule has 4 aromatic rings. The van der Waals surface area contributed by atoms with Crippen molar-refractivity contribution in [3.05, 3.63) is 125 Å². The van der Waals surface area contributed by atoms with Gasteiger partial charge in [0.05, 0.1) is 5.69 Å². The van der Waals surface area contributed by atoms with Crippen LogP contribution in [-0.2, 0) is 0 Å². The van der Waals surface area contributed by atoms with Crippen molar-refractivity contribution in [2.24, 2.45) is 10.7 Å². The van der Waals surface area contributed by atoms with Crippen molar-refractivity contribution >= 4 is 34.7 Å². The number of aryl methyl sites for hydroxylation is 1. The Morgan fingerprint density at radius 1 is 0.676 bits per heavy atom. The van der Waals surface area contributed by atoms with Gasteiger partial charge >= 0.3 is 0 Å². The first-order valence-corrected chi connectivity index (χ1v) is 10.8. The molecule has 6 heteroatoms. The maximum atomic E-state index is 12.4. The Morgan fingerprint density at radius 3 is 1.71 bits per heavy atom. The minimum Gasteiger partial charge on any atom is -0.383 e. The van der Waals surface area contributed by atoms with Crippen LogP contribution in [0.25, 0.3) is 0 Å². The Bertz CT molecular complexity index is 1330. The summed E-state index contributed by atoms with van der Waals surface area (Å²) >= 11 is 0. The third-order valence-corrected chi connectivity index (χ3v) is 5.21. The molecule has 34 heavy (non-hydrogen) atoms. The van der Waals surface area contributed by atoms with Crippen molar-refractivity contribution in [3.63, 3.8) is 0 Å². The van der Waals surface area contributed by atoms with E-state index in [9.17, 15) is 9.59 Å². The molecule has 4 aromatic carbocycles. The molecule has 0 saturated carbocycles. The summed E-state index contributed by atoms with van der Waals surface area (Å²) in [5.74, 6) is 0.0137. The second-order valence-electron chi connectivity index (χ2n) is 7.71. The van der Waals surface area contributed by atoms with Crippen molar-refractivity contribution in [3.8, 4) is 0 Å². The van der Waals surface area contributed by atoms with Crippen molar-refractivity contribution in [1.29, 1.82) is 0 Å². The molecule has 6 nitrogen and oxygen atoms in total. The van der Waals surface area contributed by atoms with Crippen LogP contribution in [0.2, 0.25) is 0 Å². The number of rotatable bonds is 6. The number of nitrogens with two attached hydrogens (primary N) is 1. The summed E-state index contributed by atoms with van der Waals surface area (Å²) in [6, 6.07) is 30.7. The zero-order valence-corrected chi connectivity index (χ0v) is 18.7. The Morgan fingerprint density at radius 2 is 1.18 bits per heavy atom. The van der Waals surface area contributed by atoms with Crippen LogP contribution in [0.3, 0.4) is 0 Å². The minimum absolute atomic E-state index is 0.172. The van der Waals surface area contributed by atoms with E-state index in [0.717, 1.165) is 11.1 Å². The van der Waals surface area contributed by atoms with Gasteiger partial charge in [-0.2, -0.15) is 0 Å². The summed E-state index contributed by atoms with van der Waals surface area (Å²) in [6.07, 6.45) is 0. The summed E-state index contributed by atoms with van der Waals surface area (Å²) < 4.78 is 0. The summed E-state index contributed by atoms with van der Waals surface area (Å²) in [6.45, 7) is 1.91. The number of carbonyl (C=O) groups is 2. The van der Waals surface area contributed by atoms with Gasteiger partial charge in [0.25, 0.3) is 11.8 Å². The Kier molecular flexibility index (Phi) is 6.79. The van der Waals surface area contributed by atoms with Crippen molar-refractivity contribution in [2.45, 2.75) is 6.92 Å². The van der Waals surface area contributed by atoms with Gasteiger partial charge < -0.3 is 16.4 Å². The van der Waals surface area contributed by atoms with Crippen LogP contribution in [0, 0.1) is 6.92 Å². The van der Waals surface area contributed by atoms with E-state index in [-0.39, 0.29) is 11.8 Å². The fourth-order valence-corrected chi connectivity index (χ4v) is 3.43. The number of benzene rings is 4. The monoisotopic (exact) mass is 448 g/mol. The van der Waals surface area contributed by atoms with Crippen LogP contribution in [0.4, 0.5) is 17.1 Å². The van der Waals surface area contributed by atoms with E-state index in [0.29, 0.717) is 34.0 Å². The standard InChI is InChI=1S/C28H24N4O2/c1-19-18-24(32-28(34)21-10-6-3-7-11-21)16-17-25(19)26(29)30-22-12-14-23(15-13-22)31-27(33)20-8-4-2-5-9-20/h2-18H,1H3,(H2,29,30)(H,31,33)(H,32,34). The van der Waals surface area contributed by atoms with Crippen molar-refractivity contribution in [1.82, 2.24) is 0 Å². The zero-order chi connectivity index (χ0) is 23.9. The molecule has 0 unspecified atom stereocenters. The third kappa shape index (κ3) is 5.55. The van der Waals surface area contributed by atoms with Gasteiger partial charge in [0.15, 0.2) is 0 Å². The minimum atomic E-state index is -0.175. The second kappa shape index (κ2) is 10.3. The van der Waals surface area contributed by atoms with Gasteiger partial charge in [-0.1, -0.05) is 36.4 Å². The molecule has 0 aliphatic carbocycles. The van der Waals surface area contributed by atoms with Crippen LogP contribution < -0.4 is 16.4 Å². The lowest BCUT2D eigenvalue weighted by Gasteiger charge is -2.10. The molecule has 0 fully saturated rings. The second-order valence-corrected chi connectivity index (χ2v) is 7.71. The number of carbonyl (C=O) groups excluding carboxylic acids is 2. The number of aliphatic imine (C=N–C) groups is 1. The molecule has 0 bridgehead atoms. The number of hydrogen-bond acceptors (Lipinski definition) is 3. The molecule has 4 rings (SSSR count). The molecule has 0 saturated heterocycles. The highest BCUT2D eigenvalue weighted by Gasteiger charge is 2.09. The van der Waals surface area contributed by atoms with E-state index < -0.39 is 0 Å². The number of hydrogen-bond donors (Lipinski definition) is 3. The first-order chi connectivity index (χ1) is 16.5. The normalized spacial score (nSPS) is 11.0. The quantitative estimate of drug-likeness (QED) is 0.267. The van der Waals surface area contributed by atoms with E-state index in [1.165, 1.54) is 0 Å². The Balaban J connectivity index is 1.43. The summed E-state index contributed by atoms with van der Waals surface area (Å²) in [5, 5.41) is 5.75. The first kappa shape index (κ1) is 22.5. The molecule has 0 radical (unpaired) electrons. The molecular weight excluding hydrogens is 424 g/mol. The number of amides is 2. The zero-order valence-electron chi connectivity index (χ0n) is 18.7. The van der Waals surface area contributed by atoms with Crippen LogP contribution in [0.15, 0.2) is 108 Å². The van der Waals surface area contributed by atoms with Gasteiger partial charge in [-0.3, -0.25) is 9.59 Å². The van der Waals surface area contributed by atoms with Crippen LogP contribution in [0.1, 0.15) is 31.8 Å². The smallest absolute Gasteiger partial charge is 0.255 e. The van der Waals surface area contributed by atoms with Gasteiger partial charge in [0, 0.05) is 28.1 Å². The lowest BCUT2D eigenvalue weighted by atomic mass is 10.1. The topological polar surface area (TPSA) is 96.6 Å². The highest BCUT2D eigenvalue weighted by molar-refractivity contribution is 6.06. The van der Waals surface area contributed by atoms with E-state index in [1.807, 2.05) is 55.5 Å². The fourth-order valence-electron chi connectivity index (χ4n) is 3.43. The average Bonchev–Trinajstić information content (AvgIpc) is 2.86. The molecule has 0 aliphatic heterocycles. The molecule has 2 amide bonds. The van der Waals surface area contributed by atoms with E-state index in [4.69, 9.17) is 5.73 Å². The van der Waals surface area contributed by atoms with E-state index >= 15 is 0 Å². The fraction of sp³-hybridized carbons (Fsp3) is 0.0357. The van der Waals surface area contributed by atoms with E-state index in [1.54, 1.807) is 54.6 Å².